The highest BCUT2D eigenvalue weighted by atomic mass is 16.5. The van der Waals surface area contributed by atoms with Crippen LogP contribution < -0.4 is 15.1 Å². The maximum atomic E-state index is 11.9. The van der Waals surface area contributed by atoms with Crippen LogP contribution in [0.15, 0.2) is 24.3 Å². The molecule has 0 aliphatic carbocycles. The van der Waals surface area contributed by atoms with E-state index in [0.717, 1.165) is 51.5 Å². The van der Waals surface area contributed by atoms with Gasteiger partial charge in [-0.3, -0.25) is 4.79 Å². The lowest BCUT2D eigenvalue weighted by Gasteiger charge is -2.35. The van der Waals surface area contributed by atoms with E-state index in [2.05, 4.69) is 34.5 Å². The fraction of sp³-hybridized carbons (Fsp3) is 0.667. The van der Waals surface area contributed by atoms with Gasteiger partial charge in [0.1, 0.15) is 0 Å². The minimum atomic E-state index is 0.257. The second-order valence-electron chi connectivity index (χ2n) is 7.92. The topological polar surface area (TPSA) is 44.8 Å². The van der Waals surface area contributed by atoms with Crippen molar-refractivity contribution in [3.8, 4) is 0 Å². The van der Waals surface area contributed by atoms with Crippen LogP contribution >= 0.6 is 0 Å². The number of piperidine rings is 1. The molecule has 1 aromatic rings. The first-order valence-electron chi connectivity index (χ1n) is 10.3. The summed E-state index contributed by atoms with van der Waals surface area (Å²) in [6.45, 7) is 6.03. The number of ether oxygens (including phenoxy) is 1. The number of hydrogen-bond acceptors (Lipinski definition) is 4. The van der Waals surface area contributed by atoms with E-state index < -0.39 is 0 Å². The fourth-order valence-corrected chi connectivity index (χ4v) is 4.41. The lowest BCUT2D eigenvalue weighted by Crippen LogP contribution is -2.44. The first kappa shape index (κ1) is 17.8. The van der Waals surface area contributed by atoms with E-state index >= 15 is 0 Å². The van der Waals surface area contributed by atoms with Gasteiger partial charge in [0.25, 0.3) is 0 Å². The van der Waals surface area contributed by atoms with E-state index in [0.29, 0.717) is 18.4 Å². The highest BCUT2D eigenvalue weighted by Gasteiger charge is 2.23. The Morgan fingerprint density at radius 2 is 1.77 bits per heavy atom. The molecule has 0 spiro atoms. The predicted octanol–water partition coefficient (Wildman–Crippen LogP) is 2.80. The van der Waals surface area contributed by atoms with Gasteiger partial charge in [0.2, 0.25) is 5.91 Å². The van der Waals surface area contributed by atoms with Gasteiger partial charge < -0.3 is 19.9 Å². The SMILES string of the molecule is O=C1CCCN1c1ccc(N2CCC(NC[C@@H]3CCCOC3)CC2)cc1. The van der Waals surface area contributed by atoms with Gasteiger partial charge in [0.15, 0.2) is 0 Å². The summed E-state index contributed by atoms with van der Waals surface area (Å²) in [4.78, 5) is 16.3. The van der Waals surface area contributed by atoms with E-state index in [1.54, 1.807) is 0 Å². The summed E-state index contributed by atoms with van der Waals surface area (Å²) in [5.74, 6) is 0.954. The van der Waals surface area contributed by atoms with E-state index in [-0.39, 0.29) is 5.91 Å². The number of hydrogen-bond donors (Lipinski definition) is 1. The Balaban J connectivity index is 1.24. The summed E-state index contributed by atoms with van der Waals surface area (Å²) in [5.41, 5.74) is 2.32. The molecule has 1 aromatic carbocycles. The third-order valence-electron chi connectivity index (χ3n) is 6.04. The smallest absolute Gasteiger partial charge is 0.227 e. The van der Waals surface area contributed by atoms with Gasteiger partial charge in [-0.05, 0) is 62.3 Å². The summed E-state index contributed by atoms with van der Waals surface area (Å²) in [6, 6.07) is 9.19. The maximum absolute atomic E-state index is 11.9. The molecular formula is C21H31N3O2. The van der Waals surface area contributed by atoms with Crippen molar-refractivity contribution >= 4 is 17.3 Å². The van der Waals surface area contributed by atoms with Crippen LogP contribution in [0.5, 0.6) is 0 Å². The molecule has 1 N–H and O–H groups in total. The van der Waals surface area contributed by atoms with Crippen molar-refractivity contribution in [2.75, 3.05) is 49.2 Å². The molecule has 3 fully saturated rings. The number of carbonyl (C=O) groups is 1. The van der Waals surface area contributed by atoms with Crippen LogP contribution in [0.25, 0.3) is 0 Å². The molecule has 3 saturated heterocycles. The van der Waals surface area contributed by atoms with Gasteiger partial charge in [0.05, 0.1) is 6.61 Å². The molecule has 0 saturated carbocycles. The van der Waals surface area contributed by atoms with Crippen LogP contribution in [0.1, 0.15) is 38.5 Å². The molecule has 0 radical (unpaired) electrons. The number of rotatable bonds is 5. The van der Waals surface area contributed by atoms with E-state index in [9.17, 15) is 4.79 Å². The minimum Gasteiger partial charge on any atom is -0.381 e. The Kier molecular flexibility index (Phi) is 5.75. The predicted molar refractivity (Wildman–Crippen MR) is 105 cm³/mol. The van der Waals surface area contributed by atoms with Gasteiger partial charge in [0, 0.05) is 56.6 Å². The van der Waals surface area contributed by atoms with Crippen LogP contribution in [0.3, 0.4) is 0 Å². The molecule has 142 valence electrons. The van der Waals surface area contributed by atoms with Crippen molar-refractivity contribution in [3.05, 3.63) is 24.3 Å². The Morgan fingerprint density at radius 3 is 2.42 bits per heavy atom. The zero-order valence-corrected chi connectivity index (χ0v) is 15.7. The molecule has 5 heteroatoms. The van der Waals surface area contributed by atoms with Crippen LogP contribution in [-0.2, 0) is 9.53 Å². The van der Waals surface area contributed by atoms with Crippen LogP contribution in [0.2, 0.25) is 0 Å². The Bertz CT molecular complexity index is 590. The number of nitrogens with one attached hydrogen (secondary N) is 1. The van der Waals surface area contributed by atoms with E-state index in [1.807, 2.05) is 4.90 Å². The van der Waals surface area contributed by atoms with Gasteiger partial charge in [-0.25, -0.2) is 0 Å². The van der Waals surface area contributed by atoms with Crippen molar-refractivity contribution < 1.29 is 9.53 Å². The maximum Gasteiger partial charge on any atom is 0.227 e. The third-order valence-corrected chi connectivity index (χ3v) is 6.04. The highest BCUT2D eigenvalue weighted by molar-refractivity contribution is 5.95. The van der Waals surface area contributed by atoms with E-state index in [4.69, 9.17) is 4.74 Å². The lowest BCUT2D eigenvalue weighted by atomic mass is 9.99. The molecule has 0 unspecified atom stereocenters. The average molecular weight is 357 g/mol. The summed E-state index contributed by atoms with van der Waals surface area (Å²) in [6.07, 6.45) is 6.57. The number of nitrogens with zero attached hydrogens (tertiary/aromatic N) is 2. The van der Waals surface area contributed by atoms with Crippen LogP contribution in [0, 0.1) is 5.92 Å². The van der Waals surface area contributed by atoms with Crippen molar-refractivity contribution in [2.45, 2.75) is 44.6 Å². The minimum absolute atomic E-state index is 0.257. The molecule has 1 amide bonds. The van der Waals surface area contributed by atoms with Crippen molar-refractivity contribution in [2.24, 2.45) is 5.92 Å². The molecule has 3 aliphatic heterocycles. The molecule has 4 rings (SSSR count). The number of anilines is 2. The highest BCUT2D eigenvalue weighted by Crippen LogP contribution is 2.26. The van der Waals surface area contributed by atoms with Gasteiger partial charge in [-0.1, -0.05) is 0 Å². The number of amides is 1. The normalized spacial score (nSPS) is 25.1. The molecule has 26 heavy (non-hydrogen) atoms. The van der Waals surface area contributed by atoms with Gasteiger partial charge in [-0.2, -0.15) is 0 Å². The van der Waals surface area contributed by atoms with Crippen LogP contribution in [0.4, 0.5) is 11.4 Å². The Labute approximate surface area is 156 Å². The zero-order valence-electron chi connectivity index (χ0n) is 15.7. The second kappa shape index (κ2) is 8.40. The summed E-state index contributed by atoms with van der Waals surface area (Å²) < 4.78 is 5.58. The van der Waals surface area contributed by atoms with Gasteiger partial charge >= 0.3 is 0 Å². The molecule has 3 aliphatic rings. The van der Waals surface area contributed by atoms with Crippen molar-refractivity contribution in [1.82, 2.24) is 5.32 Å². The average Bonchev–Trinajstić information content (AvgIpc) is 3.14. The molecule has 1 atom stereocenters. The monoisotopic (exact) mass is 357 g/mol. The molecule has 5 nitrogen and oxygen atoms in total. The quantitative estimate of drug-likeness (QED) is 0.880. The van der Waals surface area contributed by atoms with E-state index in [1.165, 1.54) is 31.4 Å². The Hall–Kier alpha value is -1.59. The largest absolute Gasteiger partial charge is 0.381 e. The fourth-order valence-electron chi connectivity index (χ4n) is 4.41. The molecule has 3 heterocycles. The Morgan fingerprint density at radius 1 is 1.00 bits per heavy atom. The number of benzene rings is 1. The first-order valence-corrected chi connectivity index (χ1v) is 10.3. The van der Waals surface area contributed by atoms with Crippen LogP contribution in [-0.4, -0.2) is 51.3 Å². The third kappa shape index (κ3) is 4.21. The first-order chi connectivity index (χ1) is 12.8. The van der Waals surface area contributed by atoms with Crippen molar-refractivity contribution in [3.63, 3.8) is 0 Å². The molecule has 0 aromatic heterocycles. The number of carbonyl (C=O) groups excluding carboxylic acids is 1. The molecule has 0 bridgehead atoms. The van der Waals surface area contributed by atoms with Crippen molar-refractivity contribution in [1.29, 1.82) is 0 Å². The van der Waals surface area contributed by atoms with Gasteiger partial charge in [-0.15, -0.1) is 0 Å². The summed E-state index contributed by atoms with van der Waals surface area (Å²) in [7, 11) is 0. The summed E-state index contributed by atoms with van der Waals surface area (Å²) in [5, 5.41) is 3.76. The standard InChI is InChI=1S/C21H31N3O2/c25-21-4-1-11-24(21)20-7-5-19(6-8-20)23-12-9-18(10-13-23)22-15-17-3-2-14-26-16-17/h5-8,17-18,22H,1-4,9-16H2/t17-/m0/s1. The molecular weight excluding hydrogens is 326 g/mol. The second-order valence-corrected chi connectivity index (χ2v) is 7.92. The zero-order chi connectivity index (χ0) is 17.8. The lowest BCUT2D eigenvalue weighted by molar-refractivity contribution is -0.117. The summed E-state index contributed by atoms with van der Waals surface area (Å²) >= 11 is 0.